The van der Waals surface area contributed by atoms with Crippen LogP contribution < -0.4 is 5.32 Å². The van der Waals surface area contributed by atoms with Crippen LogP contribution in [0, 0.1) is 5.82 Å². The van der Waals surface area contributed by atoms with Gasteiger partial charge in [-0.2, -0.15) is 0 Å². The summed E-state index contributed by atoms with van der Waals surface area (Å²) >= 11 is 3.22. The third-order valence-corrected chi connectivity index (χ3v) is 3.57. The zero-order valence-electron chi connectivity index (χ0n) is 10.9. The number of halogens is 2. The Kier molecular flexibility index (Phi) is 4.66. The maximum atomic E-state index is 14.2. The van der Waals surface area contributed by atoms with Gasteiger partial charge < -0.3 is 5.32 Å². The van der Waals surface area contributed by atoms with Crippen molar-refractivity contribution in [1.29, 1.82) is 0 Å². The van der Waals surface area contributed by atoms with E-state index in [1.165, 1.54) is 0 Å². The minimum Gasteiger partial charge on any atom is -0.308 e. The average molecular weight is 327 g/mol. The fourth-order valence-electron chi connectivity index (χ4n) is 2.08. The molecule has 6 heteroatoms. The second kappa shape index (κ2) is 6.25. The predicted molar refractivity (Wildman–Crippen MR) is 75.3 cm³/mol. The van der Waals surface area contributed by atoms with E-state index in [9.17, 15) is 4.39 Å². The van der Waals surface area contributed by atoms with Crippen LogP contribution in [0.15, 0.2) is 28.9 Å². The summed E-state index contributed by atoms with van der Waals surface area (Å²) in [7, 11) is 1.80. The lowest BCUT2D eigenvalue weighted by molar-refractivity contribution is 0.507. The minimum absolute atomic E-state index is 0.258. The van der Waals surface area contributed by atoms with Gasteiger partial charge in [0.25, 0.3) is 0 Å². The Morgan fingerprint density at radius 3 is 2.95 bits per heavy atom. The van der Waals surface area contributed by atoms with Crippen LogP contribution >= 0.6 is 15.9 Å². The normalized spacial score (nSPS) is 12.6. The van der Waals surface area contributed by atoms with Crippen LogP contribution in [0.3, 0.4) is 0 Å². The molecule has 0 bridgehead atoms. The van der Waals surface area contributed by atoms with E-state index in [4.69, 9.17) is 0 Å². The summed E-state index contributed by atoms with van der Waals surface area (Å²) in [5.74, 6) is -0.258. The first-order valence-electron chi connectivity index (χ1n) is 6.18. The van der Waals surface area contributed by atoms with Crippen LogP contribution in [0.5, 0.6) is 0 Å². The molecule has 0 saturated carbocycles. The monoisotopic (exact) mass is 326 g/mol. The number of hydrogen-bond donors (Lipinski definition) is 1. The maximum Gasteiger partial charge on any atom is 0.142 e. The first-order valence-corrected chi connectivity index (χ1v) is 6.97. The third-order valence-electron chi connectivity index (χ3n) is 2.96. The van der Waals surface area contributed by atoms with E-state index >= 15 is 0 Å². The van der Waals surface area contributed by atoms with Crippen molar-refractivity contribution in [2.75, 3.05) is 7.05 Å². The number of aromatic nitrogens is 3. The number of hydrogen-bond acceptors (Lipinski definition) is 3. The molecule has 0 fully saturated rings. The molecule has 2 rings (SSSR count). The van der Waals surface area contributed by atoms with Gasteiger partial charge in [-0.3, -0.25) is 0 Å². The second-order valence-electron chi connectivity index (χ2n) is 4.25. The molecule has 0 spiro atoms. The van der Waals surface area contributed by atoms with E-state index in [0.29, 0.717) is 10.0 Å². The second-order valence-corrected chi connectivity index (χ2v) is 5.10. The Balaban J connectivity index is 2.44. The average Bonchev–Trinajstić information content (AvgIpc) is 2.84. The van der Waals surface area contributed by atoms with Gasteiger partial charge in [0.2, 0.25) is 0 Å². The van der Waals surface area contributed by atoms with E-state index in [1.54, 1.807) is 25.4 Å². The van der Waals surface area contributed by atoms with Gasteiger partial charge in [0.1, 0.15) is 5.82 Å². The molecule has 0 aliphatic rings. The molecule has 1 atom stereocenters. The highest BCUT2D eigenvalue weighted by Crippen LogP contribution is 2.27. The molecule has 1 N–H and O–H groups in total. The van der Waals surface area contributed by atoms with Gasteiger partial charge in [0.05, 0.1) is 22.4 Å². The summed E-state index contributed by atoms with van der Waals surface area (Å²) in [6.45, 7) is 2.84. The summed E-state index contributed by atoms with van der Waals surface area (Å²) in [5, 5.41) is 11.1. The number of rotatable bonds is 5. The number of nitrogens with zero attached hydrogens (tertiary/aromatic N) is 3. The zero-order valence-corrected chi connectivity index (χ0v) is 12.5. The number of aryl methyl sites for hydroxylation is 1. The SMILES string of the molecule is CCCn1nncc1C(NC)c1cccc(Br)c1F. The summed E-state index contributed by atoms with van der Waals surface area (Å²) in [4.78, 5) is 0. The summed E-state index contributed by atoms with van der Waals surface area (Å²) in [6, 6.07) is 5.01. The lowest BCUT2D eigenvalue weighted by Gasteiger charge is -2.18. The van der Waals surface area contributed by atoms with Gasteiger partial charge in [-0.1, -0.05) is 24.3 Å². The minimum atomic E-state index is -0.265. The Labute approximate surface area is 120 Å². The number of benzene rings is 1. The molecule has 0 amide bonds. The predicted octanol–water partition coefficient (Wildman–Crippen LogP) is 2.90. The molecule has 1 heterocycles. The Hall–Kier alpha value is -1.27. The molecule has 2 aromatic rings. The topological polar surface area (TPSA) is 42.7 Å². The number of nitrogens with one attached hydrogen (secondary N) is 1. The standard InChI is InChI=1S/C13H16BrFN4/c1-3-7-19-11(8-17-18-19)13(16-2)9-5-4-6-10(14)12(9)15/h4-6,8,13,16H,3,7H2,1-2H3. The molecule has 0 saturated heterocycles. The molecule has 0 aliphatic heterocycles. The maximum absolute atomic E-state index is 14.2. The van der Waals surface area contributed by atoms with Crippen molar-refractivity contribution in [2.45, 2.75) is 25.9 Å². The fraction of sp³-hybridized carbons (Fsp3) is 0.385. The van der Waals surface area contributed by atoms with Crippen molar-refractivity contribution >= 4 is 15.9 Å². The summed E-state index contributed by atoms with van der Waals surface area (Å²) < 4.78 is 16.5. The quantitative estimate of drug-likeness (QED) is 0.918. The lowest BCUT2D eigenvalue weighted by Crippen LogP contribution is -2.22. The molecule has 0 aliphatic carbocycles. The van der Waals surface area contributed by atoms with Crippen molar-refractivity contribution in [3.05, 3.63) is 45.9 Å². The van der Waals surface area contributed by atoms with E-state index in [0.717, 1.165) is 18.7 Å². The van der Waals surface area contributed by atoms with Crippen molar-refractivity contribution in [3.8, 4) is 0 Å². The summed E-state index contributed by atoms with van der Waals surface area (Å²) in [5.41, 5.74) is 1.44. The Bertz CT molecular complexity index is 555. The van der Waals surface area contributed by atoms with Gasteiger partial charge >= 0.3 is 0 Å². The van der Waals surface area contributed by atoms with Crippen LogP contribution in [0.2, 0.25) is 0 Å². The van der Waals surface area contributed by atoms with Crippen LogP contribution in [0.4, 0.5) is 4.39 Å². The first-order chi connectivity index (χ1) is 9.19. The van der Waals surface area contributed by atoms with Gasteiger partial charge in [-0.15, -0.1) is 5.10 Å². The summed E-state index contributed by atoms with van der Waals surface area (Å²) in [6.07, 6.45) is 2.63. The van der Waals surface area contributed by atoms with Crippen molar-refractivity contribution in [2.24, 2.45) is 0 Å². The van der Waals surface area contributed by atoms with Crippen LogP contribution in [-0.4, -0.2) is 22.0 Å². The fourth-order valence-corrected chi connectivity index (χ4v) is 2.46. The highest BCUT2D eigenvalue weighted by Gasteiger charge is 2.21. The van der Waals surface area contributed by atoms with E-state index in [2.05, 4.69) is 38.5 Å². The largest absolute Gasteiger partial charge is 0.308 e. The molecule has 19 heavy (non-hydrogen) atoms. The van der Waals surface area contributed by atoms with Crippen molar-refractivity contribution < 1.29 is 4.39 Å². The molecule has 1 aromatic carbocycles. The van der Waals surface area contributed by atoms with Crippen LogP contribution in [0.1, 0.15) is 30.6 Å². The first kappa shape index (κ1) is 14.1. The molecule has 1 unspecified atom stereocenters. The lowest BCUT2D eigenvalue weighted by atomic mass is 10.0. The van der Waals surface area contributed by atoms with Crippen LogP contribution in [0.25, 0.3) is 0 Å². The molecule has 0 radical (unpaired) electrons. The van der Waals surface area contributed by atoms with E-state index in [1.807, 2.05) is 10.7 Å². The van der Waals surface area contributed by atoms with Gasteiger partial charge in [0.15, 0.2) is 0 Å². The van der Waals surface area contributed by atoms with Gasteiger partial charge in [0, 0.05) is 12.1 Å². The molecular weight excluding hydrogens is 311 g/mol. The highest BCUT2D eigenvalue weighted by atomic mass is 79.9. The Morgan fingerprint density at radius 2 is 2.26 bits per heavy atom. The third kappa shape index (κ3) is 2.84. The Morgan fingerprint density at radius 1 is 1.47 bits per heavy atom. The highest BCUT2D eigenvalue weighted by molar-refractivity contribution is 9.10. The van der Waals surface area contributed by atoms with E-state index < -0.39 is 0 Å². The molecule has 1 aromatic heterocycles. The van der Waals surface area contributed by atoms with E-state index in [-0.39, 0.29) is 11.9 Å². The van der Waals surface area contributed by atoms with Gasteiger partial charge in [-0.25, -0.2) is 9.07 Å². The van der Waals surface area contributed by atoms with Crippen molar-refractivity contribution in [3.63, 3.8) is 0 Å². The smallest absolute Gasteiger partial charge is 0.142 e. The van der Waals surface area contributed by atoms with Gasteiger partial charge in [-0.05, 0) is 35.5 Å². The van der Waals surface area contributed by atoms with Crippen LogP contribution in [-0.2, 0) is 6.54 Å². The molecule has 4 nitrogen and oxygen atoms in total. The zero-order chi connectivity index (χ0) is 13.8. The molecular formula is C13H16BrFN4. The van der Waals surface area contributed by atoms with Crippen molar-refractivity contribution in [1.82, 2.24) is 20.3 Å². The molecule has 102 valence electrons.